The van der Waals surface area contributed by atoms with Gasteiger partial charge in [-0.15, -0.1) is 0 Å². The van der Waals surface area contributed by atoms with Crippen LogP contribution >= 0.6 is 11.6 Å². The molecule has 19 heavy (non-hydrogen) atoms. The van der Waals surface area contributed by atoms with Gasteiger partial charge in [-0.1, -0.05) is 23.7 Å². The van der Waals surface area contributed by atoms with Crippen molar-refractivity contribution in [3.8, 4) is 17.3 Å². The van der Waals surface area contributed by atoms with Crippen molar-refractivity contribution in [2.75, 3.05) is 5.73 Å². The van der Waals surface area contributed by atoms with Gasteiger partial charge in [0.1, 0.15) is 11.5 Å². The zero-order valence-corrected chi connectivity index (χ0v) is 10.6. The number of aromatic nitrogens is 2. The highest BCUT2D eigenvalue weighted by molar-refractivity contribution is 6.33. The molecule has 4 nitrogen and oxygen atoms in total. The Balaban J connectivity index is 2.22. The molecule has 0 saturated heterocycles. The number of pyridine rings is 1. The van der Waals surface area contributed by atoms with Crippen molar-refractivity contribution in [3.05, 3.63) is 53.2 Å². The molecule has 0 fully saturated rings. The first-order valence-corrected chi connectivity index (χ1v) is 6.01. The van der Waals surface area contributed by atoms with Crippen LogP contribution in [0.4, 0.5) is 5.82 Å². The SMILES string of the molecule is N#Cc1ccc(-c2nc3c(Cl)cccn3c2N)cc1. The molecule has 0 saturated carbocycles. The summed E-state index contributed by atoms with van der Waals surface area (Å²) in [6.45, 7) is 0. The van der Waals surface area contributed by atoms with Crippen LogP contribution in [0.3, 0.4) is 0 Å². The van der Waals surface area contributed by atoms with Crippen LogP contribution in [0.15, 0.2) is 42.6 Å². The molecule has 3 aromatic rings. The molecule has 2 N–H and O–H groups in total. The predicted octanol–water partition coefficient (Wildman–Crippen LogP) is 3.11. The maximum Gasteiger partial charge on any atom is 0.157 e. The fourth-order valence-corrected chi connectivity index (χ4v) is 2.17. The molecule has 0 amide bonds. The standard InChI is InChI=1S/C14H9ClN4/c15-11-2-1-7-19-13(17)12(18-14(11)19)10-5-3-9(8-16)4-6-10/h1-7H,17H2. The Morgan fingerprint density at radius 1 is 1.21 bits per heavy atom. The Hall–Kier alpha value is -2.51. The molecule has 0 radical (unpaired) electrons. The van der Waals surface area contributed by atoms with Crippen molar-refractivity contribution >= 4 is 23.1 Å². The quantitative estimate of drug-likeness (QED) is 0.737. The van der Waals surface area contributed by atoms with Crippen LogP contribution in [0.2, 0.25) is 5.02 Å². The molecular formula is C14H9ClN4. The Kier molecular flexibility index (Phi) is 2.62. The normalized spacial score (nSPS) is 10.5. The van der Waals surface area contributed by atoms with E-state index in [0.29, 0.717) is 27.7 Å². The van der Waals surface area contributed by atoms with Crippen molar-refractivity contribution < 1.29 is 0 Å². The molecule has 0 aliphatic heterocycles. The summed E-state index contributed by atoms with van der Waals surface area (Å²) in [5.41, 5.74) is 8.84. The van der Waals surface area contributed by atoms with E-state index in [0.717, 1.165) is 5.56 Å². The van der Waals surface area contributed by atoms with Gasteiger partial charge in [-0.3, -0.25) is 4.40 Å². The lowest BCUT2D eigenvalue weighted by Crippen LogP contribution is -1.93. The van der Waals surface area contributed by atoms with Gasteiger partial charge < -0.3 is 5.73 Å². The van der Waals surface area contributed by atoms with E-state index in [-0.39, 0.29) is 0 Å². The highest BCUT2D eigenvalue weighted by atomic mass is 35.5. The molecule has 0 aliphatic carbocycles. The molecule has 0 spiro atoms. The van der Waals surface area contributed by atoms with Gasteiger partial charge >= 0.3 is 0 Å². The fourth-order valence-electron chi connectivity index (χ4n) is 1.97. The predicted molar refractivity (Wildman–Crippen MR) is 74.8 cm³/mol. The number of nitriles is 1. The molecule has 3 rings (SSSR count). The molecular weight excluding hydrogens is 260 g/mol. The molecule has 0 unspecified atom stereocenters. The second-order valence-corrected chi connectivity index (χ2v) is 4.49. The van der Waals surface area contributed by atoms with E-state index in [9.17, 15) is 0 Å². The monoisotopic (exact) mass is 268 g/mol. The van der Waals surface area contributed by atoms with Crippen LogP contribution in [0, 0.1) is 11.3 Å². The average molecular weight is 269 g/mol. The summed E-state index contributed by atoms with van der Waals surface area (Å²) in [6, 6.07) is 12.8. The van der Waals surface area contributed by atoms with Gasteiger partial charge in [0, 0.05) is 11.8 Å². The van der Waals surface area contributed by atoms with Gasteiger partial charge in [-0.25, -0.2) is 4.98 Å². The second kappa shape index (κ2) is 4.30. The number of hydrogen-bond acceptors (Lipinski definition) is 3. The van der Waals surface area contributed by atoms with Crippen molar-refractivity contribution in [2.45, 2.75) is 0 Å². The van der Waals surface area contributed by atoms with Crippen molar-refractivity contribution in [1.82, 2.24) is 9.38 Å². The molecule has 0 aliphatic rings. The number of nitrogens with zero attached hydrogens (tertiary/aromatic N) is 3. The summed E-state index contributed by atoms with van der Waals surface area (Å²) in [6.07, 6.45) is 1.82. The fraction of sp³-hybridized carbons (Fsp3) is 0. The van der Waals surface area contributed by atoms with Crippen molar-refractivity contribution in [3.63, 3.8) is 0 Å². The topological polar surface area (TPSA) is 67.1 Å². The van der Waals surface area contributed by atoms with Crippen LogP contribution in [0.25, 0.3) is 16.9 Å². The van der Waals surface area contributed by atoms with Crippen molar-refractivity contribution in [2.24, 2.45) is 0 Å². The molecule has 0 bridgehead atoms. The van der Waals surface area contributed by atoms with Crippen molar-refractivity contribution in [1.29, 1.82) is 5.26 Å². The van der Waals surface area contributed by atoms with Crippen LogP contribution in [0.1, 0.15) is 5.56 Å². The van der Waals surface area contributed by atoms with Gasteiger partial charge in [0.15, 0.2) is 5.65 Å². The highest BCUT2D eigenvalue weighted by Crippen LogP contribution is 2.29. The minimum Gasteiger partial charge on any atom is -0.383 e. The molecule has 1 aromatic carbocycles. The maximum atomic E-state index is 8.79. The molecule has 0 atom stereocenters. The summed E-state index contributed by atoms with van der Waals surface area (Å²) in [4.78, 5) is 4.46. The molecule has 2 aromatic heterocycles. The second-order valence-electron chi connectivity index (χ2n) is 4.08. The van der Waals surface area contributed by atoms with Crippen LogP contribution in [-0.2, 0) is 0 Å². The zero-order chi connectivity index (χ0) is 13.4. The third kappa shape index (κ3) is 1.81. The van der Waals surface area contributed by atoms with Crippen LogP contribution in [0.5, 0.6) is 0 Å². The number of hydrogen-bond donors (Lipinski definition) is 1. The summed E-state index contributed by atoms with van der Waals surface area (Å²) in [5, 5.41) is 9.34. The van der Waals surface area contributed by atoms with Gasteiger partial charge in [-0.2, -0.15) is 5.26 Å². The number of halogens is 1. The number of anilines is 1. The number of nitrogen functional groups attached to an aromatic ring is 1. The number of fused-ring (bicyclic) bond motifs is 1. The van der Waals surface area contributed by atoms with Crippen LogP contribution < -0.4 is 5.73 Å². The Morgan fingerprint density at radius 2 is 1.95 bits per heavy atom. The summed E-state index contributed by atoms with van der Waals surface area (Å²) in [5.74, 6) is 0.530. The molecule has 2 heterocycles. The van der Waals surface area contributed by atoms with Gasteiger partial charge in [0.2, 0.25) is 0 Å². The third-order valence-electron chi connectivity index (χ3n) is 2.93. The first-order chi connectivity index (χ1) is 9.20. The maximum absolute atomic E-state index is 8.79. The first-order valence-electron chi connectivity index (χ1n) is 5.63. The molecule has 92 valence electrons. The smallest absolute Gasteiger partial charge is 0.157 e. The lowest BCUT2D eigenvalue weighted by atomic mass is 10.1. The van der Waals surface area contributed by atoms with Gasteiger partial charge in [-0.05, 0) is 24.3 Å². The summed E-state index contributed by atoms with van der Waals surface area (Å²) < 4.78 is 1.75. The highest BCUT2D eigenvalue weighted by Gasteiger charge is 2.12. The van der Waals surface area contributed by atoms with E-state index in [2.05, 4.69) is 11.1 Å². The number of benzene rings is 1. The van der Waals surface area contributed by atoms with Gasteiger partial charge in [0.25, 0.3) is 0 Å². The van der Waals surface area contributed by atoms with E-state index < -0.39 is 0 Å². The minimum atomic E-state index is 0.530. The number of rotatable bonds is 1. The van der Waals surface area contributed by atoms with E-state index in [4.69, 9.17) is 22.6 Å². The first kappa shape index (κ1) is 11.6. The lowest BCUT2D eigenvalue weighted by Gasteiger charge is -1.99. The summed E-state index contributed by atoms with van der Waals surface area (Å²) in [7, 11) is 0. The van der Waals surface area contributed by atoms with Crippen LogP contribution in [-0.4, -0.2) is 9.38 Å². The Bertz CT molecular complexity index is 797. The van der Waals surface area contributed by atoms with E-state index in [1.54, 1.807) is 22.6 Å². The Labute approximate surface area is 114 Å². The van der Waals surface area contributed by atoms with E-state index in [1.807, 2.05) is 24.4 Å². The lowest BCUT2D eigenvalue weighted by molar-refractivity contribution is 1.20. The third-order valence-corrected chi connectivity index (χ3v) is 3.22. The number of imidazole rings is 1. The van der Waals surface area contributed by atoms with E-state index >= 15 is 0 Å². The number of nitrogens with two attached hydrogens (primary N) is 1. The summed E-state index contributed by atoms with van der Waals surface area (Å²) >= 11 is 6.10. The largest absolute Gasteiger partial charge is 0.383 e. The minimum absolute atomic E-state index is 0.530. The zero-order valence-electron chi connectivity index (χ0n) is 9.84. The Morgan fingerprint density at radius 3 is 2.58 bits per heavy atom. The van der Waals surface area contributed by atoms with Gasteiger partial charge in [0.05, 0.1) is 16.7 Å². The molecule has 5 heteroatoms. The average Bonchev–Trinajstić information content (AvgIpc) is 2.78. The van der Waals surface area contributed by atoms with E-state index in [1.165, 1.54) is 0 Å².